The van der Waals surface area contributed by atoms with Crippen molar-refractivity contribution in [1.82, 2.24) is 4.90 Å². The fourth-order valence-corrected chi connectivity index (χ4v) is 3.08. The summed E-state index contributed by atoms with van der Waals surface area (Å²) in [6, 6.07) is 0.657. The van der Waals surface area contributed by atoms with Crippen LogP contribution in [0.3, 0.4) is 0 Å². The third kappa shape index (κ3) is 2.23. The normalized spacial score (nSPS) is 36.4. The summed E-state index contributed by atoms with van der Waals surface area (Å²) in [6.07, 6.45) is 3.97. The first-order chi connectivity index (χ1) is 7.74. The SMILES string of the molecule is CCC1COCCN1C1CCCC1C(=O)O. The zero-order valence-electron chi connectivity index (χ0n) is 9.89. The van der Waals surface area contributed by atoms with Gasteiger partial charge in [-0.1, -0.05) is 13.3 Å². The van der Waals surface area contributed by atoms with Crippen LogP contribution in [0.25, 0.3) is 0 Å². The monoisotopic (exact) mass is 227 g/mol. The molecular weight excluding hydrogens is 206 g/mol. The van der Waals surface area contributed by atoms with Crippen LogP contribution < -0.4 is 0 Å². The van der Waals surface area contributed by atoms with E-state index in [0.717, 1.165) is 45.4 Å². The van der Waals surface area contributed by atoms with Crippen molar-refractivity contribution in [2.24, 2.45) is 5.92 Å². The molecule has 0 aromatic heterocycles. The minimum absolute atomic E-state index is 0.160. The average molecular weight is 227 g/mol. The maximum absolute atomic E-state index is 11.2. The van der Waals surface area contributed by atoms with E-state index in [2.05, 4.69) is 11.8 Å². The van der Waals surface area contributed by atoms with Crippen LogP contribution in [0.15, 0.2) is 0 Å². The maximum Gasteiger partial charge on any atom is 0.308 e. The Morgan fingerprint density at radius 1 is 1.50 bits per heavy atom. The first-order valence-corrected chi connectivity index (χ1v) is 6.30. The summed E-state index contributed by atoms with van der Waals surface area (Å²) < 4.78 is 5.47. The maximum atomic E-state index is 11.2. The molecule has 2 rings (SSSR count). The number of carboxylic acids is 1. The van der Waals surface area contributed by atoms with Crippen molar-refractivity contribution in [3.05, 3.63) is 0 Å². The Balaban J connectivity index is 2.06. The van der Waals surface area contributed by atoms with E-state index in [1.165, 1.54) is 0 Å². The summed E-state index contributed by atoms with van der Waals surface area (Å²) in [6.45, 7) is 4.56. The van der Waals surface area contributed by atoms with E-state index in [1.54, 1.807) is 0 Å². The van der Waals surface area contributed by atoms with Crippen LogP contribution in [0.4, 0.5) is 0 Å². The Hall–Kier alpha value is -0.610. The van der Waals surface area contributed by atoms with Gasteiger partial charge in [0, 0.05) is 18.6 Å². The average Bonchev–Trinajstić information content (AvgIpc) is 2.77. The van der Waals surface area contributed by atoms with Crippen molar-refractivity contribution in [1.29, 1.82) is 0 Å². The second-order valence-electron chi connectivity index (χ2n) is 4.82. The van der Waals surface area contributed by atoms with E-state index in [0.29, 0.717) is 6.04 Å². The lowest BCUT2D eigenvalue weighted by Crippen LogP contribution is -2.52. The van der Waals surface area contributed by atoms with Gasteiger partial charge in [0.05, 0.1) is 19.1 Å². The van der Waals surface area contributed by atoms with Crippen LogP contribution >= 0.6 is 0 Å². The van der Waals surface area contributed by atoms with Gasteiger partial charge in [0.15, 0.2) is 0 Å². The Bertz CT molecular complexity index is 257. The highest BCUT2D eigenvalue weighted by atomic mass is 16.5. The van der Waals surface area contributed by atoms with Crippen LogP contribution in [0, 0.1) is 5.92 Å². The minimum Gasteiger partial charge on any atom is -0.481 e. The number of carboxylic acid groups (broad SMARTS) is 1. The lowest BCUT2D eigenvalue weighted by Gasteiger charge is -2.40. The molecule has 1 heterocycles. The Labute approximate surface area is 96.6 Å². The third-order valence-corrected chi connectivity index (χ3v) is 3.97. The molecule has 4 heteroatoms. The van der Waals surface area contributed by atoms with Gasteiger partial charge in [0.25, 0.3) is 0 Å². The molecule has 92 valence electrons. The largest absolute Gasteiger partial charge is 0.481 e. The summed E-state index contributed by atoms with van der Waals surface area (Å²) in [7, 11) is 0. The molecule has 0 radical (unpaired) electrons. The van der Waals surface area contributed by atoms with Crippen molar-refractivity contribution in [3.63, 3.8) is 0 Å². The van der Waals surface area contributed by atoms with Crippen LogP contribution in [-0.2, 0) is 9.53 Å². The van der Waals surface area contributed by atoms with E-state index in [1.807, 2.05) is 0 Å². The molecule has 2 fully saturated rings. The lowest BCUT2D eigenvalue weighted by atomic mass is 9.99. The molecule has 1 aliphatic carbocycles. The van der Waals surface area contributed by atoms with E-state index in [9.17, 15) is 9.90 Å². The molecule has 0 aromatic rings. The molecule has 0 spiro atoms. The molecule has 2 aliphatic rings. The quantitative estimate of drug-likeness (QED) is 0.790. The van der Waals surface area contributed by atoms with Crippen LogP contribution in [0.2, 0.25) is 0 Å². The number of aliphatic carboxylic acids is 1. The molecule has 1 saturated heterocycles. The van der Waals surface area contributed by atoms with Crippen molar-refractivity contribution in [3.8, 4) is 0 Å². The Morgan fingerprint density at radius 2 is 2.31 bits per heavy atom. The minimum atomic E-state index is -0.621. The predicted octanol–water partition coefficient (Wildman–Crippen LogP) is 1.35. The summed E-state index contributed by atoms with van der Waals surface area (Å²) in [5.74, 6) is -0.781. The zero-order valence-corrected chi connectivity index (χ0v) is 9.89. The van der Waals surface area contributed by atoms with Gasteiger partial charge in [0.1, 0.15) is 0 Å². The number of ether oxygens (including phenoxy) is 1. The van der Waals surface area contributed by atoms with E-state index in [-0.39, 0.29) is 12.0 Å². The summed E-state index contributed by atoms with van der Waals surface area (Å²) in [4.78, 5) is 13.6. The lowest BCUT2D eigenvalue weighted by molar-refractivity contribution is -0.145. The molecule has 0 amide bonds. The standard InChI is InChI=1S/C12H21NO3/c1-2-9-8-16-7-6-13(9)11-5-3-4-10(11)12(14)15/h9-11H,2-8H2,1H3,(H,14,15). The third-order valence-electron chi connectivity index (χ3n) is 3.97. The van der Waals surface area contributed by atoms with Crippen molar-refractivity contribution >= 4 is 5.97 Å². The fraction of sp³-hybridized carbons (Fsp3) is 0.917. The summed E-state index contributed by atoms with van der Waals surface area (Å²) >= 11 is 0. The molecule has 0 aromatic carbocycles. The molecule has 3 unspecified atom stereocenters. The topological polar surface area (TPSA) is 49.8 Å². The molecule has 1 N–H and O–H groups in total. The van der Waals surface area contributed by atoms with E-state index >= 15 is 0 Å². The fourth-order valence-electron chi connectivity index (χ4n) is 3.08. The first-order valence-electron chi connectivity index (χ1n) is 6.30. The summed E-state index contributed by atoms with van der Waals surface area (Å²) in [5, 5.41) is 9.22. The van der Waals surface area contributed by atoms with E-state index in [4.69, 9.17) is 4.74 Å². The molecule has 1 aliphatic heterocycles. The van der Waals surface area contributed by atoms with Crippen molar-refractivity contribution < 1.29 is 14.6 Å². The van der Waals surface area contributed by atoms with Gasteiger partial charge in [-0.05, 0) is 19.3 Å². The molecule has 1 saturated carbocycles. The van der Waals surface area contributed by atoms with Gasteiger partial charge in [-0.2, -0.15) is 0 Å². The van der Waals surface area contributed by atoms with Crippen LogP contribution in [-0.4, -0.2) is 47.8 Å². The first kappa shape index (κ1) is 11.9. The highest BCUT2D eigenvalue weighted by Crippen LogP contribution is 2.32. The number of morpholine rings is 1. The number of carbonyl (C=O) groups is 1. The predicted molar refractivity (Wildman–Crippen MR) is 60.4 cm³/mol. The van der Waals surface area contributed by atoms with Gasteiger partial charge in [0.2, 0.25) is 0 Å². The van der Waals surface area contributed by atoms with Gasteiger partial charge in [-0.3, -0.25) is 9.69 Å². The van der Waals surface area contributed by atoms with Gasteiger partial charge < -0.3 is 9.84 Å². The highest BCUT2D eigenvalue weighted by molar-refractivity contribution is 5.71. The molecule has 16 heavy (non-hydrogen) atoms. The Morgan fingerprint density at radius 3 is 3.00 bits per heavy atom. The number of hydrogen-bond acceptors (Lipinski definition) is 3. The van der Waals surface area contributed by atoms with Gasteiger partial charge in [-0.15, -0.1) is 0 Å². The van der Waals surface area contributed by atoms with E-state index < -0.39 is 5.97 Å². The zero-order chi connectivity index (χ0) is 11.5. The molecular formula is C12H21NO3. The van der Waals surface area contributed by atoms with Crippen LogP contribution in [0.1, 0.15) is 32.6 Å². The number of nitrogens with zero attached hydrogens (tertiary/aromatic N) is 1. The van der Waals surface area contributed by atoms with Crippen molar-refractivity contribution in [2.45, 2.75) is 44.7 Å². The smallest absolute Gasteiger partial charge is 0.308 e. The Kier molecular flexibility index (Phi) is 3.82. The van der Waals surface area contributed by atoms with Crippen LogP contribution in [0.5, 0.6) is 0 Å². The second-order valence-corrected chi connectivity index (χ2v) is 4.82. The highest BCUT2D eigenvalue weighted by Gasteiger charge is 2.39. The molecule has 3 atom stereocenters. The molecule has 4 nitrogen and oxygen atoms in total. The number of hydrogen-bond donors (Lipinski definition) is 1. The number of rotatable bonds is 3. The summed E-state index contributed by atoms with van der Waals surface area (Å²) in [5.41, 5.74) is 0. The van der Waals surface area contributed by atoms with Crippen molar-refractivity contribution in [2.75, 3.05) is 19.8 Å². The van der Waals surface area contributed by atoms with Gasteiger partial charge >= 0.3 is 5.97 Å². The van der Waals surface area contributed by atoms with Gasteiger partial charge in [-0.25, -0.2) is 0 Å². The second kappa shape index (κ2) is 5.15. The molecule has 0 bridgehead atoms.